The van der Waals surface area contributed by atoms with Gasteiger partial charge in [0.05, 0.1) is 0 Å². The summed E-state index contributed by atoms with van der Waals surface area (Å²) in [5.74, 6) is 0.685. The van der Waals surface area contributed by atoms with E-state index in [9.17, 15) is 0 Å². The fourth-order valence-corrected chi connectivity index (χ4v) is 0.543. The molecule has 1 rings (SSSR count). The zero-order valence-electron chi connectivity index (χ0n) is 6.39. The molecule has 0 bridgehead atoms. The van der Waals surface area contributed by atoms with Gasteiger partial charge in [0.1, 0.15) is 0 Å². The quantitative estimate of drug-likeness (QED) is 0.529. The molecule has 0 aromatic rings. The molecule has 0 spiro atoms. The van der Waals surface area contributed by atoms with E-state index in [1.807, 2.05) is 0 Å². The Morgan fingerprint density at radius 2 is 1.33 bits per heavy atom. The summed E-state index contributed by atoms with van der Waals surface area (Å²) in [6, 6.07) is 0. The van der Waals surface area contributed by atoms with Crippen LogP contribution in [0.5, 0.6) is 0 Å². The first-order valence-electron chi connectivity index (χ1n) is 2.24. The van der Waals surface area contributed by atoms with Crippen molar-refractivity contribution in [3.63, 3.8) is 0 Å². The normalized spacial score (nSPS) is 13.4. The largest absolute Gasteiger partial charge is 2.00 e. The van der Waals surface area contributed by atoms with Gasteiger partial charge in [-0.05, 0) is 5.92 Å². The van der Waals surface area contributed by atoms with Crippen LogP contribution in [0.1, 0.15) is 6.92 Å². The van der Waals surface area contributed by atoms with Gasteiger partial charge in [0.25, 0.3) is 0 Å². The smallest absolute Gasteiger partial charge is 0.358 e. The number of rotatable bonds is 0. The topological polar surface area (TPSA) is 0 Å². The van der Waals surface area contributed by atoms with Crippen LogP contribution in [0.4, 0.5) is 0 Å². The number of hydrogen-bond acceptors (Lipinski definition) is 0. The minimum atomic E-state index is 0. The Bertz CT molecular complexity index is 80.7. The predicted octanol–water partition coefficient (Wildman–Crippen LogP) is 2.65. The molecule has 0 amide bonds. The second kappa shape index (κ2) is 8.36. The molecule has 0 nitrogen and oxygen atoms in total. The van der Waals surface area contributed by atoms with Gasteiger partial charge in [-0.2, -0.15) is 0 Å². The summed E-state index contributed by atoms with van der Waals surface area (Å²) in [5.41, 5.74) is 0. The van der Waals surface area contributed by atoms with Crippen molar-refractivity contribution in [2.45, 2.75) is 6.92 Å². The fraction of sp³-hybridized carbons (Fsp3) is 0.250. The van der Waals surface area contributed by atoms with Gasteiger partial charge in [-0.25, -0.2) is 0 Å². The van der Waals surface area contributed by atoms with Crippen LogP contribution in [0.15, 0.2) is 24.3 Å². The van der Waals surface area contributed by atoms with E-state index in [0.29, 0.717) is 5.92 Å². The van der Waals surface area contributed by atoms with Gasteiger partial charge in [-0.1, -0.05) is 31.2 Å². The molecular formula is C8H14Zr. The Labute approximate surface area is 78.2 Å². The monoisotopic (exact) mass is 200 g/mol. The first-order chi connectivity index (χ1) is 2.89. The van der Waals surface area contributed by atoms with Gasteiger partial charge in [0.2, 0.25) is 0 Å². The van der Waals surface area contributed by atoms with Crippen molar-refractivity contribution < 1.29 is 26.2 Å². The third kappa shape index (κ3) is 6.25. The Balaban J connectivity index is -0.000000120. The molecule has 0 aliphatic heterocycles. The van der Waals surface area contributed by atoms with E-state index in [1.54, 1.807) is 0 Å². The summed E-state index contributed by atoms with van der Waals surface area (Å²) < 4.78 is 0. The molecule has 0 fully saturated rings. The first kappa shape index (κ1) is 16.2. The van der Waals surface area contributed by atoms with Crippen LogP contribution in [0.2, 0.25) is 0 Å². The minimum Gasteiger partial charge on any atom is -0.358 e. The van der Waals surface area contributed by atoms with Crippen molar-refractivity contribution in [1.29, 1.82) is 0 Å². The van der Waals surface area contributed by atoms with E-state index in [0.717, 1.165) is 0 Å². The summed E-state index contributed by atoms with van der Waals surface area (Å²) in [7, 11) is 0. The van der Waals surface area contributed by atoms with Crippen molar-refractivity contribution in [1.82, 2.24) is 0 Å². The summed E-state index contributed by atoms with van der Waals surface area (Å²) in [6.45, 7) is 2.17. The third-order valence-electron chi connectivity index (χ3n) is 0.940. The summed E-state index contributed by atoms with van der Waals surface area (Å²) in [6.07, 6.45) is 8.48. The van der Waals surface area contributed by atoms with Crippen LogP contribution < -0.4 is 0 Å². The summed E-state index contributed by atoms with van der Waals surface area (Å²) in [5, 5.41) is 0. The van der Waals surface area contributed by atoms with Gasteiger partial charge < -0.3 is 14.9 Å². The SMILES string of the molecule is CC1C=CC=C1.[CH3-].[CH3-].[Zr+2]. The molecule has 0 saturated heterocycles. The Hall–Kier alpha value is 0.363. The van der Waals surface area contributed by atoms with Crippen molar-refractivity contribution >= 4 is 0 Å². The van der Waals surface area contributed by atoms with E-state index in [-0.39, 0.29) is 41.1 Å². The molecule has 0 atom stereocenters. The number of allylic oxidation sites excluding steroid dienone is 4. The third-order valence-corrected chi connectivity index (χ3v) is 0.940. The average molecular weight is 201 g/mol. The average Bonchev–Trinajstić information content (AvgIpc) is 1.86. The van der Waals surface area contributed by atoms with E-state index >= 15 is 0 Å². The zero-order valence-corrected chi connectivity index (χ0v) is 8.84. The second-order valence-corrected chi connectivity index (χ2v) is 1.63. The van der Waals surface area contributed by atoms with Crippen molar-refractivity contribution in [3.05, 3.63) is 39.2 Å². The molecule has 1 heteroatoms. The van der Waals surface area contributed by atoms with Crippen LogP contribution >= 0.6 is 0 Å². The van der Waals surface area contributed by atoms with Crippen LogP contribution in [0.25, 0.3) is 0 Å². The maximum atomic E-state index is 2.17. The van der Waals surface area contributed by atoms with Crippen LogP contribution in [0, 0.1) is 20.8 Å². The standard InChI is InChI=1S/C6H8.2CH3.Zr/c1-6-4-2-3-5-6;;;/h2-6H,1H3;2*1H3;/q;2*-1;+2. The molecule has 1 aliphatic rings. The fourth-order valence-electron chi connectivity index (χ4n) is 0.543. The van der Waals surface area contributed by atoms with Gasteiger partial charge in [-0.15, -0.1) is 0 Å². The molecule has 50 valence electrons. The van der Waals surface area contributed by atoms with E-state index < -0.39 is 0 Å². The maximum Gasteiger partial charge on any atom is 2.00 e. The molecule has 0 N–H and O–H groups in total. The zero-order chi connectivity index (χ0) is 4.41. The predicted molar refractivity (Wildman–Crippen MR) is 40.3 cm³/mol. The molecule has 0 radical (unpaired) electrons. The van der Waals surface area contributed by atoms with Gasteiger partial charge in [0, 0.05) is 0 Å². The Kier molecular flexibility index (Phi) is 15.0. The second-order valence-electron chi connectivity index (χ2n) is 1.63. The molecule has 9 heavy (non-hydrogen) atoms. The Morgan fingerprint density at radius 3 is 1.44 bits per heavy atom. The molecule has 0 aromatic carbocycles. The minimum absolute atomic E-state index is 0. The van der Waals surface area contributed by atoms with Crippen molar-refractivity contribution in [2.75, 3.05) is 0 Å². The molecule has 0 aromatic heterocycles. The molecule has 0 saturated carbocycles. The first-order valence-corrected chi connectivity index (χ1v) is 2.24. The summed E-state index contributed by atoms with van der Waals surface area (Å²) in [4.78, 5) is 0. The summed E-state index contributed by atoms with van der Waals surface area (Å²) >= 11 is 0. The van der Waals surface area contributed by atoms with Crippen molar-refractivity contribution in [2.24, 2.45) is 5.92 Å². The molecule has 0 heterocycles. The van der Waals surface area contributed by atoms with Gasteiger partial charge in [-0.3, -0.25) is 0 Å². The van der Waals surface area contributed by atoms with Gasteiger partial charge in [0.15, 0.2) is 0 Å². The maximum absolute atomic E-state index is 2.17. The van der Waals surface area contributed by atoms with Crippen LogP contribution in [-0.2, 0) is 26.2 Å². The van der Waals surface area contributed by atoms with Crippen LogP contribution in [-0.4, -0.2) is 0 Å². The van der Waals surface area contributed by atoms with E-state index in [4.69, 9.17) is 0 Å². The molecule has 1 aliphatic carbocycles. The molecular weight excluding hydrogens is 187 g/mol. The van der Waals surface area contributed by atoms with Gasteiger partial charge >= 0.3 is 26.2 Å². The number of hydrogen-bond donors (Lipinski definition) is 0. The van der Waals surface area contributed by atoms with Crippen LogP contribution in [0.3, 0.4) is 0 Å². The Morgan fingerprint density at radius 1 is 1.00 bits per heavy atom. The van der Waals surface area contributed by atoms with Crippen molar-refractivity contribution in [3.8, 4) is 0 Å². The van der Waals surface area contributed by atoms with E-state index in [2.05, 4.69) is 31.2 Å². The molecule has 0 unspecified atom stereocenters. The van der Waals surface area contributed by atoms with E-state index in [1.165, 1.54) is 0 Å².